The molecule has 4 nitrogen and oxygen atoms in total. The van der Waals surface area contributed by atoms with E-state index in [1.165, 1.54) is 0 Å². The number of ether oxygens (including phenoxy) is 2. The van der Waals surface area contributed by atoms with Gasteiger partial charge in [-0.05, 0) is 26.0 Å². The molecule has 0 amide bonds. The third-order valence-corrected chi connectivity index (χ3v) is 3.50. The minimum Gasteiger partial charge on any atom is -0.496 e. The first kappa shape index (κ1) is 15.1. The first-order chi connectivity index (χ1) is 10.1. The molecule has 0 atom stereocenters. The Morgan fingerprint density at radius 2 is 2.10 bits per heavy atom. The van der Waals surface area contributed by atoms with E-state index in [2.05, 4.69) is 4.98 Å². The Hall–Kier alpha value is -2.25. The number of nitrogens with zero attached hydrogens (tertiary/aromatic N) is 2. The summed E-state index contributed by atoms with van der Waals surface area (Å²) in [5.41, 5.74) is 3.17. The molecule has 0 aliphatic carbocycles. The molecule has 0 saturated carbocycles. The smallest absolute Gasteiger partial charge is 0.131 e. The Labute approximate surface area is 128 Å². The molecule has 0 aliphatic heterocycles. The van der Waals surface area contributed by atoms with Crippen molar-refractivity contribution in [2.75, 3.05) is 7.11 Å². The van der Waals surface area contributed by atoms with Crippen LogP contribution in [0.4, 0.5) is 0 Å². The molecule has 108 valence electrons. The van der Waals surface area contributed by atoms with Gasteiger partial charge < -0.3 is 9.47 Å². The fourth-order valence-electron chi connectivity index (χ4n) is 2.04. The van der Waals surface area contributed by atoms with Gasteiger partial charge >= 0.3 is 0 Å². The Morgan fingerprint density at radius 1 is 1.33 bits per heavy atom. The maximum Gasteiger partial charge on any atom is 0.131 e. The normalized spacial score (nSPS) is 10.0. The first-order valence-corrected chi connectivity index (χ1v) is 6.76. The quantitative estimate of drug-likeness (QED) is 0.861. The van der Waals surface area contributed by atoms with Gasteiger partial charge in [0, 0.05) is 23.4 Å². The Kier molecular flexibility index (Phi) is 4.66. The van der Waals surface area contributed by atoms with Gasteiger partial charge in [0.2, 0.25) is 0 Å². The topological polar surface area (TPSA) is 55.1 Å². The Morgan fingerprint density at radius 3 is 2.71 bits per heavy atom. The van der Waals surface area contributed by atoms with Crippen LogP contribution in [0.2, 0.25) is 5.02 Å². The summed E-state index contributed by atoms with van der Waals surface area (Å²) >= 11 is 5.97. The largest absolute Gasteiger partial charge is 0.496 e. The average Bonchev–Trinajstić information content (AvgIpc) is 2.47. The standard InChI is InChI=1S/C16H15ClN2O2/c1-10-8-19-15(11(2)16(10)20-3)9-21-13-5-4-12(7-18)14(17)6-13/h4-6,8H,9H2,1-3H3. The van der Waals surface area contributed by atoms with Crippen LogP contribution in [0.25, 0.3) is 0 Å². The van der Waals surface area contributed by atoms with Gasteiger partial charge in [-0.3, -0.25) is 4.98 Å². The summed E-state index contributed by atoms with van der Waals surface area (Å²) in [6, 6.07) is 6.98. The predicted octanol–water partition coefficient (Wildman–Crippen LogP) is 3.81. The Bertz CT molecular complexity index is 708. The van der Waals surface area contributed by atoms with Crippen LogP contribution in [-0.4, -0.2) is 12.1 Å². The van der Waals surface area contributed by atoms with E-state index in [9.17, 15) is 0 Å². The van der Waals surface area contributed by atoms with Crippen LogP contribution in [0.1, 0.15) is 22.4 Å². The lowest BCUT2D eigenvalue weighted by atomic mass is 10.1. The second-order valence-corrected chi connectivity index (χ2v) is 5.00. The van der Waals surface area contributed by atoms with Crippen molar-refractivity contribution in [2.24, 2.45) is 0 Å². The highest BCUT2D eigenvalue weighted by Crippen LogP contribution is 2.26. The monoisotopic (exact) mass is 302 g/mol. The van der Waals surface area contributed by atoms with E-state index in [0.717, 1.165) is 22.6 Å². The number of hydrogen-bond acceptors (Lipinski definition) is 4. The lowest BCUT2D eigenvalue weighted by Crippen LogP contribution is -2.04. The van der Waals surface area contributed by atoms with Crippen LogP contribution in [-0.2, 0) is 6.61 Å². The van der Waals surface area contributed by atoms with Gasteiger partial charge in [0.05, 0.1) is 23.4 Å². The molecular weight excluding hydrogens is 288 g/mol. The van der Waals surface area contributed by atoms with Gasteiger partial charge in [-0.25, -0.2) is 0 Å². The molecule has 1 heterocycles. The zero-order chi connectivity index (χ0) is 15.4. The molecule has 0 bridgehead atoms. The summed E-state index contributed by atoms with van der Waals surface area (Å²) in [4.78, 5) is 4.37. The van der Waals surface area contributed by atoms with Crippen LogP contribution in [0, 0.1) is 25.2 Å². The summed E-state index contributed by atoms with van der Waals surface area (Å²) in [6.45, 7) is 4.21. The third-order valence-electron chi connectivity index (χ3n) is 3.19. The highest BCUT2D eigenvalue weighted by atomic mass is 35.5. The number of methoxy groups -OCH3 is 1. The zero-order valence-corrected chi connectivity index (χ0v) is 12.9. The van der Waals surface area contributed by atoms with Gasteiger partial charge in [0.1, 0.15) is 24.2 Å². The SMILES string of the molecule is COc1c(C)cnc(COc2ccc(C#N)c(Cl)c2)c1C. The molecule has 0 spiro atoms. The number of aryl methyl sites for hydroxylation is 1. The molecule has 0 N–H and O–H groups in total. The van der Waals surface area contributed by atoms with Crippen molar-refractivity contribution in [2.45, 2.75) is 20.5 Å². The molecule has 0 unspecified atom stereocenters. The summed E-state index contributed by atoms with van der Waals surface area (Å²) in [5.74, 6) is 1.42. The van der Waals surface area contributed by atoms with Gasteiger partial charge in [-0.1, -0.05) is 11.6 Å². The van der Waals surface area contributed by atoms with E-state index in [1.807, 2.05) is 19.9 Å². The minimum absolute atomic E-state index is 0.310. The fourth-order valence-corrected chi connectivity index (χ4v) is 2.26. The first-order valence-electron chi connectivity index (χ1n) is 6.38. The minimum atomic E-state index is 0.310. The maximum absolute atomic E-state index is 8.84. The third kappa shape index (κ3) is 3.26. The van der Waals surface area contributed by atoms with Crippen LogP contribution in [0.5, 0.6) is 11.5 Å². The summed E-state index contributed by atoms with van der Waals surface area (Å²) in [5, 5.41) is 9.21. The number of nitriles is 1. The van der Waals surface area contributed by atoms with Crippen LogP contribution >= 0.6 is 11.6 Å². The molecule has 5 heteroatoms. The molecule has 0 saturated heterocycles. The van der Waals surface area contributed by atoms with Crippen molar-refractivity contribution in [3.05, 3.63) is 51.8 Å². The Balaban J connectivity index is 2.17. The molecule has 1 aromatic heterocycles. The highest BCUT2D eigenvalue weighted by molar-refractivity contribution is 6.31. The molecule has 21 heavy (non-hydrogen) atoms. The van der Waals surface area contributed by atoms with Crippen molar-refractivity contribution >= 4 is 11.6 Å². The summed E-state index contributed by atoms with van der Waals surface area (Å²) < 4.78 is 11.0. The summed E-state index contributed by atoms with van der Waals surface area (Å²) in [7, 11) is 1.64. The van der Waals surface area contributed by atoms with Gasteiger partial charge in [0.15, 0.2) is 0 Å². The van der Waals surface area contributed by atoms with Crippen molar-refractivity contribution in [1.82, 2.24) is 4.98 Å². The van der Waals surface area contributed by atoms with E-state index in [4.69, 9.17) is 26.3 Å². The summed E-state index contributed by atoms with van der Waals surface area (Å²) in [6.07, 6.45) is 1.76. The van der Waals surface area contributed by atoms with Crippen molar-refractivity contribution in [3.8, 4) is 17.6 Å². The fraction of sp³-hybridized carbons (Fsp3) is 0.250. The van der Waals surface area contributed by atoms with Gasteiger partial charge in [-0.15, -0.1) is 0 Å². The highest BCUT2D eigenvalue weighted by Gasteiger charge is 2.10. The van der Waals surface area contributed by atoms with E-state index in [1.54, 1.807) is 31.5 Å². The number of hydrogen-bond donors (Lipinski definition) is 0. The van der Waals surface area contributed by atoms with E-state index >= 15 is 0 Å². The van der Waals surface area contributed by atoms with Crippen LogP contribution in [0.3, 0.4) is 0 Å². The van der Waals surface area contributed by atoms with E-state index < -0.39 is 0 Å². The lowest BCUT2D eigenvalue weighted by molar-refractivity contribution is 0.298. The number of aromatic nitrogens is 1. The van der Waals surface area contributed by atoms with Gasteiger partial charge in [-0.2, -0.15) is 5.26 Å². The molecule has 2 aromatic rings. The molecule has 0 aliphatic rings. The van der Waals surface area contributed by atoms with E-state index in [-0.39, 0.29) is 0 Å². The molecule has 0 radical (unpaired) electrons. The average molecular weight is 303 g/mol. The number of halogens is 1. The second kappa shape index (κ2) is 6.47. The van der Waals surface area contributed by atoms with Crippen LogP contribution < -0.4 is 9.47 Å². The second-order valence-electron chi connectivity index (χ2n) is 4.59. The zero-order valence-electron chi connectivity index (χ0n) is 12.1. The molecular formula is C16H15ClN2O2. The number of rotatable bonds is 4. The van der Waals surface area contributed by atoms with Crippen molar-refractivity contribution in [1.29, 1.82) is 5.26 Å². The molecule has 2 rings (SSSR count). The van der Waals surface area contributed by atoms with Crippen molar-refractivity contribution in [3.63, 3.8) is 0 Å². The predicted molar refractivity (Wildman–Crippen MR) is 80.8 cm³/mol. The van der Waals surface area contributed by atoms with Gasteiger partial charge in [0.25, 0.3) is 0 Å². The molecule has 1 aromatic carbocycles. The van der Waals surface area contributed by atoms with Crippen molar-refractivity contribution < 1.29 is 9.47 Å². The molecule has 0 fully saturated rings. The lowest BCUT2D eigenvalue weighted by Gasteiger charge is -2.13. The van der Waals surface area contributed by atoms with E-state index in [0.29, 0.717) is 22.9 Å². The number of pyridine rings is 1. The number of benzene rings is 1. The van der Waals surface area contributed by atoms with Crippen LogP contribution in [0.15, 0.2) is 24.4 Å². The maximum atomic E-state index is 8.84.